The Morgan fingerprint density at radius 1 is 1.03 bits per heavy atom. The van der Waals surface area contributed by atoms with Crippen molar-refractivity contribution in [3.63, 3.8) is 0 Å². The number of hydrogen-bond acceptors (Lipinski definition) is 6. The molecule has 1 aromatic heterocycles. The average molecular weight is 464 g/mol. The Morgan fingerprint density at radius 3 is 2.55 bits per heavy atom. The Morgan fingerprint density at radius 2 is 1.82 bits per heavy atom. The van der Waals surface area contributed by atoms with E-state index in [4.69, 9.17) is 9.84 Å². The Bertz CT molecular complexity index is 1320. The number of pyridine rings is 1. The van der Waals surface area contributed by atoms with Gasteiger partial charge in [0, 0.05) is 36.1 Å². The van der Waals surface area contributed by atoms with Crippen molar-refractivity contribution in [1.29, 1.82) is 0 Å². The van der Waals surface area contributed by atoms with Gasteiger partial charge in [-0.3, -0.25) is 4.72 Å². The van der Waals surface area contributed by atoms with Crippen molar-refractivity contribution in [2.24, 2.45) is 0 Å². The molecule has 1 saturated heterocycles. The summed E-state index contributed by atoms with van der Waals surface area (Å²) in [6, 6.07) is 16.5. The van der Waals surface area contributed by atoms with Gasteiger partial charge in [-0.2, -0.15) is 0 Å². The fraction of sp³-hybridized carbons (Fsp3) is 0.167. The molecule has 2 aromatic carbocycles. The van der Waals surface area contributed by atoms with Gasteiger partial charge in [-0.05, 0) is 42.5 Å². The number of hydrogen-bond donors (Lipinski definition) is 2. The van der Waals surface area contributed by atoms with E-state index < -0.39 is 16.0 Å². The predicted molar refractivity (Wildman–Crippen MR) is 124 cm³/mol. The van der Waals surface area contributed by atoms with Crippen LogP contribution in [0.3, 0.4) is 0 Å². The number of carboxylic acids is 1. The second-order valence-corrected chi connectivity index (χ2v) is 8.92. The fourth-order valence-electron chi connectivity index (χ4n) is 3.29. The van der Waals surface area contributed by atoms with Crippen molar-refractivity contribution in [2.75, 3.05) is 35.9 Å². The topological polar surface area (TPSA) is 109 Å². The third-order valence-corrected chi connectivity index (χ3v) is 6.36. The molecule has 0 bridgehead atoms. The van der Waals surface area contributed by atoms with E-state index >= 15 is 0 Å². The SMILES string of the molecule is O=C(O)c1ccc(C#Cc2ccccc2NS(=O)(=O)c2cccc(N3CCOCC3)c2)cn1. The molecule has 1 aliphatic heterocycles. The van der Waals surface area contributed by atoms with E-state index in [0.29, 0.717) is 43.1 Å². The van der Waals surface area contributed by atoms with Crippen molar-refractivity contribution in [1.82, 2.24) is 4.98 Å². The normalized spacial score (nSPS) is 13.6. The molecule has 33 heavy (non-hydrogen) atoms. The molecule has 168 valence electrons. The highest BCUT2D eigenvalue weighted by Crippen LogP contribution is 2.24. The first-order valence-electron chi connectivity index (χ1n) is 10.2. The monoisotopic (exact) mass is 463 g/mol. The highest BCUT2D eigenvalue weighted by atomic mass is 32.2. The minimum atomic E-state index is -3.85. The van der Waals surface area contributed by atoms with Crippen LogP contribution in [0.2, 0.25) is 0 Å². The Kier molecular flexibility index (Phi) is 6.58. The van der Waals surface area contributed by atoms with Gasteiger partial charge in [-0.25, -0.2) is 18.2 Å². The summed E-state index contributed by atoms with van der Waals surface area (Å²) in [6.45, 7) is 2.63. The molecule has 3 aromatic rings. The van der Waals surface area contributed by atoms with Crippen molar-refractivity contribution >= 4 is 27.4 Å². The Hall–Kier alpha value is -3.87. The van der Waals surface area contributed by atoms with Crippen molar-refractivity contribution < 1.29 is 23.1 Å². The van der Waals surface area contributed by atoms with Gasteiger partial charge >= 0.3 is 5.97 Å². The lowest BCUT2D eigenvalue weighted by Crippen LogP contribution is -2.36. The number of benzene rings is 2. The smallest absolute Gasteiger partial charge is 0.354 e. The lowest BCUT2D eigenvalue weighted by atomic mass is 10.1. The highest BCUT2D eigenvalue weighted by Gasteiger charge is 2.18. The summed E-state index contributed by atoms with van der Waals surface area (Å²) in [5.74, 6) is 4.70. The second-order valence-electron chi connectivity index (χ2n) is 7.24. The first-order chi connectivity index (χ1) is 15.9. The van der Waals surface area contributed by atoms with Crippen LogP contribution in [-0.2, 0) is 14.8 Å². The summed E-state index contributed by atoms with van der Waals surface area (Å²) in [5.41, 5.74) is 2.08. The molecule has 8 nitrogen and oxygen atoms in total. The quantitative estimate of drug-likeness (QED) is 0.560. The van der Waals surface area contributed by atoms with Crippen molar-refractivity contribution in [2.45, 2.75) is 4.90 Å². The maximum atomic E-state index is 13.1. The van der Waals surface area contributed by atoms with Crippen LogP contribution in [0.1, 0.15) is 21.6 Å². The van der Waals surface area contributed by atoms with E-state index in [1.54, 1.807) is 48.5 Å². The number of nitrogens with one attached hydrogen (secondary N) is 1. The Labute approximate surface area is 191 Å². The van der Waals surface area contributed by atoms with Crippen molar-refractivity contribution in [3.8, 4) is 11.8 Å². The predicted octanol–water partition coefficient (Wildman–Crippen LogP) is 2.82. The molecule has 0 spiro atoms. The van der Waals surface area contributed by atoms with E-state index in [1.165, 1.54) is 12.3 Å². The zero-order chi connectivity index (χ0) is 23.3. The molecular formula is C24H21N3O5S. The first kappa shape index (κ1) is 22.3. The van der Waals surface area contributed by atoms with Gasteiger partial charge in [0.15, 0.2) is 0 Å². The van der Waals surface area contributed by atoms with Crippen LogP contribution in [0.25, 0.3) is 0 Å². The van der Waals surface area contributed by atoms with Gasteiger partial charge in [-0.15, -0.1) is 0 Å². The van der Waals surface area contributed by atoms with Gasteiger partial charge in [0.1, 0.15) is 5.69 Å². The summed E-state index contributed by atoms with van der Waals surface area (Å²) in [4.78, 5) is 17.0. The molecule has 0 aliphatic carbocycles. The third-order valence-electron chi connectivity index (χ3n) is 5.00. The summed E-state index contributed by atoms with van der Waals surface area (Å²) in [7, 11) is -3.85. The molecule has 2 N–H and O–H groups in total. The van der Waals surface area contributed by atoms with Crippen LogP contribution in [0.15, 0.2) is 71.8 Å². The maximum absolute atomic E-state index is 13.1. The molecule has 0 amide bonds. The molecule has 0 atom stereocenters. The number of nitrogens with zero attached hydrogens (tertiary/aromatic N) is 2. The van der Waals surface area contributed by atoms with Crippen molar-refractivity contribution in [3.05, 3.63) is 83.7 Å². The molecule has 1 fully saturated rings. The number of morpholine rings is 1. The second kappa shape index (κ2) is 9.73. The maximum Gasteiger partial charge on any atom is 0.354 e. The third kappa shape index (κ3) is 5.49. The molecule has 9 heteroatoms. The summed E-state index contributed by atoms with van der Waals surface area (Å²) in [6.07, 6.45) is 1.36. The highest BCUT2D eigenvalue weighted by molar-refractivity contribution is 7.92. The standard InChI is InChI=1S/C24H21N3O5S/c28-24(29)23-11-9-18(17-25-23)8-10-19-4-1-2-7-22(19)26-33(30,31)21-6-3-5-20(16-21)27-12-14-32-15-13-27/h1-7,9,11,16-17,26H,12-15H2,(H,28,29). The van der Waals surface area contributed by atoms with Crippen LogP contribution in [-0.4, -0.2) is 50.8 Å². The van der Waals surface area contributed by atoms with Gasteiger partial charge in [0.2, 0.25) is 0 Å². The number of aromatic carboxylic acids is 1. The fourth-order valence-corrected chi connectivity index (χ4v) is 4.41. The molecule has 1 aliphatic rings. The number of para-hydroxylation sites is 1. The number of sulfonamides is 1. The number of carbonyl (C=O) groups is 1. The van der Waals surface area contributed by atoms with Crippen LogP contribution in [0.4, 0.5) is 11.4 Å². The zero-order valence-electron chi connectivity index (χ0n) is 17.6. The average Bonchev–Trinajstić information content (AvgIpc) is 2.84. The number of rotatable bonds is 5. The summed E-state index contributed by atoms with van der Waals surface area (Å²) < 4.78 is 34.2. The summed E-state index contributed by atoms with van der Waals surface area (Å²) >= 11 is 0. The van der Waals surface area contributed by atoms with Gasteiger partial charge in [0.05, 0.1) is 23.8 Å². The van der Waals surface area contributed by atoms with E-state index in [0.717, 1.165) is 5.69 Å². The van der Waals surface area contributed by atoms with Crippen LogP contribution >= 0.6 is 0 Å². The minimum absolute atomic E-state index is 0.0759. The first-order valence-corrected chi connectivity index (χ1v) is 11.7. The lowest BCUT2D eigenvalue weighted by Gasteiger charge is -2.29. The van der Waals surface area contributed by atoms with Gasteiger partial charge in [-0.1, -0.05) is 30.0 Å². The molecule has 2 heterocycles. The van der Waals surface area contributed by atoms with E-state index in [9.17, 15) is 13.2 Å². The van der Waals surface area contributed by atoms with E-state index in [-0.39, 0.29) is 10.6 Å². The molecule has 0 radical (unpaired) electrons. The number of ether oxygens (including phenoxy) is 1. The van der Waals surface area contributed by atoms with Crippen LogP contribution < -0.4 is 9.62 Å². The van der Waals surface area contributed by atoms with Crippen LogP contribution in [0.5, 0.6) is 0 Å². The van der Waals surface area contributed by atoms with E-state index in [1.807, 2.05) is 6.07 Å². The molecule has 0 saturated carbocycles. The molecule has 0 unspecified atom stereocenters. The molecular weight excluding hydrogens is 442 g/mol. The number of anilines is 2. The number of aromatic nitrogens is 1. The number of carboxylic acid groups (broad SMARTS) is 1. The largest absolute Gasteiger partial charge is 0.477 e. The van der Waals surface area contributed by atoms with E-state index in [2.05, 4.69) is 26.4 Å². The Balaban J connectivity index is 1.57. The zero-order valence-corrected chi connectivity index (χ0v) is 18.4. The summed E-state index contributed by atoms with van der Waals surface area (Å²) in [5, 5.41) is 8.94. The lowest BCUT2D eigenvalue weighted by molar-refractivity contribution is 0.0690. The molecule has 4 rings (SSSR count). The van der Waals surface area contributed by atoms with Crippen LogP contribution in [0, 0.1) is 11.8 Å². The minimum Gasteiger partial charge on any atom is -0.477 e. The van der Waals surface area contributed by atoms with Gasteiger partial charge < -0.3 is 14.7 Å². The van der Waals surface area contributed by atoms with Gasteiger partial charge in [0.25, 0.3) is 10.0 Å².